The summed E-state index contributed by atoms with van der Waals surface area (Å²) in [5.41, 5.74) is 2.79. The number of nitrogens with zero attached hydrogens (tertiary/aromatic N) is 2. The Kier molecular flexibility index (Phi) is 3.45. The van der Waals surface area contributed by atoms with E-state index >= 15 is 0 Å². The highest BCUT2D eigenvalue weighted by atomic mass is 16.2. The summed E-state index contributed by atoms with van der Waals surface area (Å²) in [5.74, 6) is -0.342. The van der Waals surface area contributed by atoms with Gasteiger partial charge in [0.25, 0.3) is 5.91 Å². The minimum absolute atomic E-state index is 0.342. The van der Waals surface area contributed by atoms with E-state index in [9.17, 15) is 9.82 Å². The van der Waals surface area contributed by atoms with E-state index in [4.69, 9.17) is 0 Å². The Labute approximate surface area is 123 Å². The van der Waals surface area contributed by atoms with Gasteiger partial charge in [0.15, 0.2) is 0 Å². The van der Waals surface area contributed by atoms with E-state index in [0.29, 0.717) is 11.0 Å². The molecule has 0 saturated heterocycles. The number of fused-ring (bicyclic) bond motifs is 1. The smallest absolute Gasteiger partial charge is 0.427 e. The van der Waals surface area contributed by atoms with E-state index in [1.807, 2.05) is 24.3 Å². The molecule has 1 aliphatic heterocycles. The fourth-order valence-electron chi connectivity index (χ4n) is 2.29. The van der Waals surface area contributed by atoms with Crippen LogP contribution in [-0.4, -0.2) is 36.2 Å². The molecule has 0 fully saturated rings. The van der Waals surface area contributed by atoms with E-state index in [1.165, 1.54) is 0 Å². The van der Waals surface area contributed by atoms with E-state index < -0.39 is 7.05 Å². The molecule has 1 aliphatic rings. The lowest BCUT2D eigenvalue weighted by Crippen LogP contribution is -2.52. The van der Waals surface area contributed by atoms with Crippen LogP contribution in [-0.2, 0) is 0 Å². The lowest BCUT2D eigenvalue weighted by Gasteiger charge is -2.25. The molecule has 5 nitrogen and oxygen atoms in total. The summed E-state index contributed by atoms with van der Waals surface area (Å²) in [6, 6.07) is 14.4. The average molecular weight is 279 g/mol. The summed E-state index contributed by atoms with van der Waals surface area (Å²) in [4.78, 5) is 13.6. The summed E-state index contributed by atoms with van der Waals surface area (Å²) in [7, 11) is 0.713. The number of rotatable bonds is 2. The van der Waals surface area contributed by atoms with Crippen molar-refractivity contribution in [2.45, 2.75) is 0 Å². The SMILES string of the molecule is CNc1cccc(C(=O)N2N=Cc3ccccc3B2O)c1. The van der Waals surface area contributed by atoms with Crippen molar-refractivity contribution in [3.05, 3.63) is 59.7 Å². The zero-order chi connectivity index (χ0) is 14.8. The number of nitrogens with one attached hydrogen (secondary N) is 1. The number of hydrogen-bond donors (Lipinski definition) is 2. The van der Waals surface area contributed by atoms with Crippen molar-refractivity contribution >= 4 is 30.3 Å². The number of hydrazone groups is 1. The van der Waals surface area contributed by atoms with Crippen LogP contribution in [0.3, 0.4) is 0 Å². The van der Waals surface area contributed by atoms with Gasteiger partial charge in [0.1, 0.15) is 0 Å². The predicted octanol–water partition coefficient (Wildman–Crippen LogP) is 0.906. The van der Waals surface area contributed by atoms with Gasteiger partial charge in [-0.3, -0.25) is 4.79 Å². The largest absolute Gasteiger partial charge is 0.474 e. The van der Waals surface area contributed by atoms with Gasteiger partial charge in [-0.15, -0.1) is 0 Å². The Morgan fingerprint density at radius 2 is 2.05 bits per heavy atom. The minimum atomic E-state index is -1.07. The van der Waals surface area contributed by atoms with Crippen LogP contribution in [0.5, 0.6) is 0 Å². The first-order valence-corrected chi connectivity index (χ1v) is 6.63. The van der Waals surface area contributed by atoms with Gasteiger partial charge in [-0.1, -0.05) is 30.3 Å². The number of amides is 1. The van der Waals surface area contributed by atoms with Crippen molar-refractivity contribution in [2.75, 3.05) is 12.4 Å². The maximum atomic E-state index is 12.5. The monoisotopic (exact) mass is 279 g/mol. The first-order valence-electron chi connectivity index (χ1n) is 6.63. The molecule has 2 aromatic carbocycles. The fourth-order valence-corrected chi connectivity index (χ4v) is 2.29. The molecule has 0 spiro atoms. The van der Waals surface area contributed by atoms with Gasteiger partial charge in [-0.25, -0.2) is 4.92 Å². The highest BCUT2D eigenvalue weighted by Crippen LogP contribution is 2.15. The fraction of sp³-hybridized carbons (Fsp3) is 0.0667. The molecule has 1 amide bonds. The Morgan fingerprint density at radius 1 is 1.24 bits per heavy atom. The quantitative estimate of drug-likeness (QED) is 0.803. The summed E-state index contributed by atoms with van der Waals surface area (Å²) in [6.45, 7) is 0. The third-order valence-corrected chi connectivity index (χ3v) is 3.43. The van der Waals surface area contributed by atoms with Crippen molar-refractivity contribution in [1.29, 1.82) is 0 Å². The van der Waals surface area contributed by atoms with Gasteiger partial charge < -0.3 is 10.3 Å². The highest BCUT2D eigenvalue weighted by Gasteiger charge is 2.33. The number of benzene rings is 2. The molecule has 2 aromatic rings. The summed E-state index contributed by atoms with van der Waals surface area (Å²) < 4.78 is 0. The molecular weight excluding hydrogens is 265 g/mol. The van der Waals surface area contributed by atoms with Gasteiger partial charge in [0, 0.05) is 18.3 Å². The second kappa shape index (κ2) is 5.42. The molecular formula is C15H14BN3O2. The highest BCUT2D eigenvalue weighted by molar-refractivity contribution is 6.68. The lowest BCUT2D eigenvalue weighted by atomic mass is 9.69. The molecule has 0 saturated carbocycles. The van der Waals surface area contributed by atoms with Crippen LogP contribution >= 0.6 is 0 Å². The van der Waals surface area contributed by atoms with E-state index in [0.717, 1.165) is 16.2 Å². The lowest BCUT2D eigenvalue weighted by molar-refractivity contribution is 0.0846. The molecule has 1 heterocycles. The predicted molar refractivity (Wildman–Crippen MR) is 83.8 cm³/mol. The Bertz CT molecular complexity index is 718. The van der Waals surface area contributed by atoms with Crippen molar-refractivity contribution < 1.29 is 9.82 Å². The third kappa shape index (κ3) is 2.41. The molecule has 0 aromatic heterocycles. The van der Waals surface area contributed by atoms with Crippen molar-refractivity contribution in [3.63, 3.8) is 0 Å². The van der Waals surface area contributed by atoms with Gasteiger partial charge in [0.2, 0.25) is 0 Å². The van der Waals surface area contributed by atoms with Crippen molar-refractivity contribution in [1.82, 2.24) is 4.92 Å². The van der Waals surface area contributed by atoms with E-state index in [2.05, 4.69) is 10.4 Å². The average Bonchev–Trinajstić information content (AvgIpc) is 2.55. The first kappa shape index (κ1) is 13.4. The van der Waals surface area contributed by atoms with Gasteiger partial charge in [-0.05, 0) is 29.2 Å². The molecule has 6 heteroatoms. The summed E-state index contributed by atoms with van der Waals surface area (Å²) >= 11 is 0. The molecule has 0 radical (unpaired) electrons. The van der Waals surface area contributed by atoms with Gasteiger partial charge >= 0.3 is 7.05 Å². The third-order valence-electron chi connectivity index (χ3n) is 3.43. The standard InChI is InChI=1S/C15H14BN3O2/c1-17-13-7-4-6-11(9-13)15(20)19-16(21)14-8-3-2-5-12(14)10-18-19/h2-10,17,21H,1H3. The van der Waals surface area contributed by atoms with Crippen LogP contribution in [0.2, 0.25) is 0 Å². The molecule has 0 aliphatic carbocycles. The zero-order valence-corrected chi connectivity index (χ0v) is 11.5. The first-order chi connectivity index (χ1) is 10.2. The second-order valence-electron chi connectivity index (χ2n) is 4.73. The number of carbonyl (C=O) groups is 1. The van der Waals surface area contributed by atoms with Crippen molar-refractivity contribution in [3.8, 4) is 0 Å². The summed E-state index contributed by atoms with van der Waals surface area (Å²) in [6.07, 6.45) is 1.59. The number of carbonyl (C=O) groups excluding carboxylic acids is 1. The normalized spacial score (nSPS) is 13.0. The second-order valence-corrected chi connectivity index (χ2v) is 4.73. The Morgan fingerprint density at radius 3 is 2.86 bits per heavy atom. The molecule has 3 rings (SSSR count). The topological polar surface area (TPSA) is 64.9 Å². The van der Waals surface area contributed by atoms with E-state index in [-0.39, 0.29) is 5.91 Å². The summed E-state index contributed by atoms with van der Waals surface area (Å²) in [5, 5.41) is 17.4. The van der Waals surface area contributed by atoms with Gasteiger partial charge in [-0.2, -0.15) is 5.10 Å². The Balaban J connectivity index is 1.93. The molecule has 104 valence electrons. The number of anilines is 1. The van der Waals surface area contributed by atoms with E-state index in [1.54, 1.807) is 37.5 Å². The minimum Gasteiger partial charge on any atom is -0.427 e. The number of hydrogen-bond acceptors (Lipinski definition) is 4. The molecule has 2 N–H and O–H groups in total. The van der Waals surface area contributed by atoms with Gasteiger partial charge in [0.05, 0.1) is 6.21 Å². The van der Waals surface area contributed by atoms with Crippen molar-refractivity contribution in [2.24, 2.45) is 5.10 Å². The van der Waals surface area contributed by atoms with Crippen LogP contribution < -0.4 is 10.8 Å². The molecule has 0 atom stereocenters. The Hall–Kier alpha value is -2.60. The van der Waals surface area contributed by atoms with Crippen LogP contribution in [0.4, 0.5) is 5.69 Å². The van der Waals surface area contributed by atoms with Crippen LogP contribution in [0.15, 0.2) is 53.6 Å². The molecule has 21 heavy (non-hydrogen) atoms. The van der Waals surface area contributed by atoms with Crippen LogP contribution in [0.1, 0.15) is 15.9 Å². The maximum absolute atomic E-state index is 12.5. The van der Waals surface area contributed by atoms with Crippen LogP contribution in [0, 0.1) is 0 Å². The molecule has 0 unspecified atom stereocenters. The van der Waals surface area contributed by atoms with Crippen LogP contribution in [0.25, 0.3) is 0 Å². The maximum Gasteiger partial charge on any atom is 0.474 e. The zero-order valence-electron chi connectivity index (χ0n) is 11.5. The molecule has 0 bridgehead atoms.